The van der Waals surface area contributed by atoms with E-state index in [0.29, 0.717) is 0 Å². The van der Waals surface area contributed by atoms with E-state index in [-0.39, 0.29) is 0 Å². The molecule has 2 aromatic heterocycles. The third kappa shape index (κ3) is 3.82. The minimum atomic E-state index is 0.951. The highest BCUT2D eigenvalue weighted by Crippen LogP contribution is 2.18. The van der Waals surface area contributed by atoms with Gasteiger partial charge in [-0.3, -0.25) is 9.88 Å². The molecule has 0 N–H and O–H groups in total. The number of hydrogen-bond donors (Lipinski definition) is 0. The maximum atomic E-state index is 4.66. The molecule has 6 nitrogen and oxygen atoms in total. The quantitative estimate of drug-likeness (QED) is 0.855. The first-order chi connectivity index (χ1) is 11.5. The van der Waals surface area contributed by atoms with E-state index in [2.05, 4.69) is 36.9 Å². The van der Waals surface area contributed by atoms with Gasteiger partial charge in [-0.05, 0) is 25.5 Å². The molecule has 0 aliphatic carbocycles. The standard InChI is InChI=1S/C18H26N6/c1-14-11-19-15(2)18(21-14)24-9-7-23(8-10-24)13-16-5-6-17(20-12-16)22(3)4/h5-6,11-12H,7-10,13H2,1-4H3. The first-order valence-electron chi connectivity index (χ1n) is 8.43. The summed E-state index contributed by atoms with van der Waals surface area (Å²) < 4.78 is 0. The molecule has 0 amide bonds. The maximum absolute atomic E-state index is 4.66. The van der Waals surface area contributed by atoms with Crippen LogP contribution in [0.15, 0.2) is 24.5 Å². The number of aryl methyl sites for hydroxylation is 2. The lowest BCUT2D eigenvalue weighted by Gasteiger charge is -2.35. The van der Waals surface area contributed by atoms with Crippen LogP contribution in [0.3, 0.4) is 0 Å². The van der Waals surface area contributed by atoms with Crippen LogP contribution in [-0.4, -0.2) is 60.1 Å². The molecule has 0 saturated carbocycles. The Bertz CT molecular complexity index is 674. The van der Waals surface area contributed by atoms with Crippen molar-refractivity contribution in [3.05, 3.63) is 41.5 Å². The molecule has 0 atom stereocenters. The van der Waals surface area contributed by atoms with Crippen LogP contribution in [0.5, 0.6) is 0 Å². The summed E-state index contributed by atoms with van der Waals surface area (Å²) in [4.78, 5) is 20.4. The third-order valence-electron chi connectivity index (χ3n) is 4.40. The minimum Gasteiger partial charge on any atom is -0.363 e. The number of hydrogen-bond acceptors (Lipinski definition) is 6. The third-order valence-corrected chi connectivity index (χ3v) is 4.40. The van der Waals surface area contributed by atoms with Crippen molar-refractivity contribution < 1.29 is 0 Å². The summed E-state index contributed by atoms with van der Waals surface area (Å²) in [7, 11) is 4.02. The Hall–Kier alpha value is -2.21. The highest BCUT2D eigenvalue weighted by molar-refractivity contribution is 5.43. The van der Waals surface area contributed by atoms with E-state index in [1.54, 1.807) is 0 Å². The van der Waals surface area contributed by atoms with Crippen LogP contribution in [0, 0.1) is 13.8 Å². The molecular weight excluding hydrogens is 300 g/mol. The van der Waals surface area contributed by atoms with Gasteiger partial charge >= 0.3 is 0 Å². The van der Waals surface area contributed by atoms with Crippen LogP contribution >= 0.6 is 0 Å². The summed E-state index contributed by atoms with van der Waals surface area (Å²) in [6.07, 6.45) is 3.82. The Kier molecular flexibility index (Phi) is 4.94. The van der Waals surface area contributed by atoms with Gasteiger partial charge in [0.05, 0.1) is 11.4 Å². The Balaban J connectivity index is 1.58. The van der Waals surface area contributed by atoms with Gasteiger partial charge in [0.15, 0.2) is 0 Å². The van der Waals surface area contributed by atoms with Crippen molar-refractivity contribution in [2.75, 3.05) is 50.1 Å². The van der Waals surface area contributed by atoms with Crippen LogP contribution in [0.25, 0.3) is 0 Å². The zero-order valence-corrected chi connectivity index (χ0v) is 15.0. The Morgan fingerprint density at radius 1 is 1.00 bits per heavy atom. The number of piperazine rings is 1. The van der Waals surface area contributed by atoms with Gasteiger partial charge < -0.3 is 9.80 Å². The van der Waals surface area contributed by atoms with E-state index in [4.69, 9.17) is 0 Å². The van der Waals surface area contributed by atoms with E-state index in [0.717, 1.165) is 55.7 Å². The molecule has 1 aliphatic heterocycles. The fourth-order valence-electron chi connectivity index (χ4n) is 2.98. The zero-order valence-electron chi connectivity index (χ0n) is 15.0. The van der Waals surface area contributed by atoms with Crippen LogP contribution in [0.2, 0.25) is 0 Å². The first kappa shape index (κ1) is 16.6. The molecule has 2 aromatic rings. The Morgan fingerprint density at radius 3 is 2.38 bits per heavy atom. The molecule has 1 fully saturated rings. The summed E-state index contributed by atoms with van der Waals surface area (Å²) in [6, 6.07) is 4.25. The van der Waals surface area contributed by atoms with Crippen LogP contribution < -0.4 is 9.80 Å². The van der Waals surface area contributed by atoms with Crippen molar-refractivity contribution >= 4 is 11.6 Å². The second-order valence-corrected chi connectivity index (χ2v) is 6.60. The molecule has 6 heteroatoms. The molecule has 0 aromatic carbocycles. The van der Waals surface area contributed by atoms with Crippen molar-refractivity contribution in [3.8, 4) is 0 Å². The first-order valence-corrected chi connectivity index (χ1v) is 8.43. The number of pyridine rings is 1. The zero-order chi connectivity index (χ0) is 17.1. The lowest BCUT2D eigenvalue weighted by atomic mass is 10.2. The fraction of sp³-hybridized carbons (Fsp3) is 0.500. The molecule has 0 bridgehead atoms. The predicted octanol–water partition coefficient (Wildman–Crippen LogP) is 1.88. The van der Waals surface area contributed by atoms with Crippen molar-refractivity contribution in [3.63, 3.8) is 0 Å². The van der Waals surface area contributed by atoms with Gasteiger partial charge in [-0.1, -0.05) is 6.07 Å². The molecule has 24 heavy (non-hydrogen) atoms. The molecule has 1 aliphatic rings. The number of aromatic nitrogens is 3. The van der Waals surface area contributed by atoms with E-state index >= 15 is 0 Å². The van der Waals surface area contributed by atoms with Gasteiger partial charge in [0, 0.05) is 59.2 Å². The van der Waals surface area contributed by atoms with Gasteiger partial charge in [-0.25, -0.2) is 9.97 Å². The molecular formula is C18H26N6. The Morgan fingerprint density at radius 2 is 1.75 bits per heavy atom. The largest absolute Gasteiger partial charge is 0.363 e. The fourth-order valence-corrected chi connectivity index (χ4v) is 2.98. The predicted molar refractivity (Wildman–Crippen MR) is 97.6 cm³/mol. The molecule has 1 saturated heterocycles. The van der Waals surface area contributed by atoms with E-state index < -0.39 is 0 Å². The van der Waals surface area contributed by atoms with Crippen molar-refractivity contribution in [1.82, 2.24) is 19.9 Å². The van der Waals surface area contributed by atoms with Crippen molar-refractivity contribution in [2.24, 2.45) is 0 Å². The average Bonchev–Trinajstić information content (AvgIpc) is 2.58. The highest BCUT2D eigenvalue weighted by Gasteiger charge is 2.20. The highest BCUT2D eigenvalue weighted by atomic mass is 15.3. The van der Waals surface area contributed by atoms with Crippen LogP contribution in [0.1, 0.15) is 17.0 Å². The van der Waals surface area contributed by atoms with Crippen molar-refractivity contribution in [2.45, 2.75) is 20.4 Å². The smallest absolute Gasteiger partial charge is 0.150 e. The van der Waals surface area contributed by atoms with Crippen LogP contribution in [0.4, 0.5) is 11.6 Å². The number of rotatable bonds is 4. The SMILES string of the molecule is Cc1cnc(C)c(N2CCN(Cc3ccc(N(C)C)nc3)CC2)n1. The lowest BCUT2D eigenvalue weighted by molar-refractivity contribution is 0.249. The topological polar surface area (TPSA) is 48.4 Å². The molecule has 0 unspecified atom stereocenters. The van der Waals surface area contributed by atoms with Crippen LogP contribution in [-0.2, 0) is 6.54 Å². The summed E-state index contributed by atoms with van der Waals surface area (Å²) in [5.74, 6) is 2.03. The van der Waals surface area contributed by atoms with Gasteiger partial charge in [-0.15, -0.1) is 0 Å². The van der Waals surface area contributed by atoms with E-state index in [1.165, 1.54) is 5.56 Å². The number of nitrogens with zero attached hydrogens (tertiary/aromatic N) is 6. The Labute approximate surface area is 144 Å². The van der Waals surface area contributed by atoms with Gasteiger partial charge in [0.1, 0.15) is 11.6 Å². The van der Waals surface area contributed by atoms with Crippen molar-refractivity contribution in [1.29, 1.82) is 0 Å². The normalized spacial score (nSPS) is 15.6. The molecule has 3 rings (SSSR count). The molecule has 3 heterocycles. The second-order valence-electron chi connectivity index (χ2n) is 6.60. The minimum absolute atomic E-state index is 0.951. The van der Waals surface area contributed by atoms with Gasteiger partial charge in [0.25, 0.3) is 0 Å². The summed E-state index contributed by atoms with van der Waals surface area (Å²) in [5.41, 5.74) is 3.25. The summed E-state index contributed by atoms with van der Waals surface area (Å²) >= 11 is 0. The van der Waals surface area contributed by atoms with Gasteiger partial charge in [-0.2, -0.15) is 0 Å². The summed E-state index contributed by atoms with van der Waals surface area (Å²) in [6.45, 7) is 9.02. The van der Waals surface area contributed by atoms with Gasteiger partial charge in [0.2, 0.25) is 0 Å². The molecule has 0 spiro atoms. The van der Waals surface area contributed by atoms with E-state index in [1.807, 2.05) is 45.2 Å². The molecule has 128 valence electrons. The maximum Gasteiger partial charge on any atom is 0.150 e. The second kappa shape index (κ2) is 7.13. The molecule has 0 radical (unpaired) electrons. The summed E-state index contributed by atoms with van der Waals surface area (Å²) in [5, 5.41) is 0. The number of anilines is 2. The monoisotopic (exact) mass is 326 g/mol. The average molecular weight is 326 g/mol. The van der Waals surface area contributed by atoms with E-state index in [9.17, 15) is 0 Å². The lowest BCUT2D eigenvalue weighted by Crippen LogP contribution is -2.46.